The van der Waals surface area contributed by atoms with Gasteiger partial charge < -0.3 is 10.2 Å². The number of nitro benzene ring substituents is 1. The van der Waals surface area contributed by atoms with E-state index in [1.807, 2.05) is 6.92 Å². The van der Waals surface area contributed by atoms with E-state index in [9.17, 15) is 14.9 Å². The summed E-state index contributed by atoms with van der Waals surface area (Å²) in [7, 11) is 3.23. The first-order valence-electron chi connectivity index (χ1n) is 7.04. The van der Waals surface area contributed by atoms with Crippen LogP contribution in [0.4, 0.5) is 11.4 Å². The highest BCUT2D eigenvalue weighted by molar-refractivity contribution is 5.95. The van der Waals surface area contributed by atoms with Crippen LogP contribution < -0.4 is 5.32 Å². The smallest absolute Gasteiger partial charge is 0.293 e. The minimum absolute atomic E-state index is 0.0678. The molecular weight excluding hydrogens is 270 g/mol. The highest BCUT2D eigenvalue weighted by Crippen LogP contribution is 2.28. The van der Waals surface area contributed by atoms with Gasteiger partial charge in [0, 0.05) is 31.8 Å². The molecule has 0 aliphatic rings. The number of hydrogen-bond donors (Lipinski definition) is 1. The molecular formula is C15H23N3O3. The average molecular weight is 293 g/mol. The number of nitrogens with one attached hydrogen (secondary N) is 1. The summed E-state index contributed by atoms with van der Waals surface area (Å²) in [6, 6.07) is 4.71. The maximum absolute atomic E-state index is 11.9. The molecule has 0 bridgehead atoms. The number of rotatable bonds is 6. The molecule has 1 N–H and O–H groups in total. The molecule has 0 saturated carbocycles. The summed E-state index contributed by atoms with van der Waals surface area (Å²) >= 11 is 0. The third-order valence-electron chi connectivity index (χ3n) is 3.43. The van der Waals surface area contributed by atoms with Crippen LogP contribution in [0.15, 0.2) is 18.2 Å². The first-order valence-corrected chi connectivity index (χ1v) is 7.04. The predicted octanol–water partition coefficient (Wildman–Crippen LogP) is 3.14. The molecule has 0 spiro atoms. The molecule has 0 aromatic heterocycles. The normalized spacial score (nSPS) is 12.1. The standard InChI is InChI=1S/C15H23N3O3/c1-6-12(10(2)3)16-13-8-7-11(15(19)17(4)5)9-14(13)18(20)21/h7-10,12,16H,6H2,1-5H3. The van der Waals surface area contributed by atoms with Crippen molar-refractivity contribution in [3.8, 4) is 0 Å². The third-order valence-corrected chi connectivity index (χ3v) is 3.43. The summed E-state index contributed by atoms with van der Waals surface area (Å²) in [4.78, 5) is 24.1. The Balaban J connectivity index is 3.16. The summed E-state index contributed by atoms with van der Waals surface area (Å²) in [5.74, 6) is 0.109. The Kier molecular flexibility index (Phi) is 5.69. The molecule has 0 aliphatic heterocycles. The fourth-order valence-electron chi connectivity index (χ4n) is 2.14. The molecule has 1 atom stereocenters. The molecule has 0 heterocycles. The van der Waals surface area contributed by atoms with Crippen molar-refractivity contribution in [3.05, 3.63) is 33.9 Å². The molecule has 1 rings (SSSR count). The van der Waals surface area contributed by atoms with Gasteiger partial charge in [-0.25, -0.2) is 0 Å². The molecule has 1 aromatic rings. The zero-order valence-corrected chi connectivity index (χ0v) is 13.2. The number of nitrogens with zero attached hydrogens (tertiary/aromatic N) is 2. The average Bonchev–Trinajstić information content (AvgIpc) is 2.43. The maximum Gasteiger partial charge on any atom is 0.293 e. The Morgan fingerprint density at radius 3 is 2.43 bits per heavy atom. The van der Waals surface area contributed by atoms with E-state index in [1.165, 1.54) is 11.0 Å². The second-order valence-corrected chi connectivity index (χ2v) is 5.59. The zero-order valence-electron chi connectivity index (χ0n) is 13.2. The Morgan fingerprint density at radius 1 is 1.38 bits per heavy atom. The van der Waals surface area contributed by atoms with Gasteiger partial charge in [0.05, 0.1) is 4.92 Å². The van der Waals surface area contributed by atoms with E-state index < -0.39 is 4.92 Å². The lowest BCUT2D eigenvalue weighted by atomic mass is 10.0. The van der Waals surface area contributed by atoms with Crippen molar-refractivity contribution in [3.63, 3.8) is 0 Å². The van der Waals surface area contributed by atoms with Crippen molar-refractivity contribution >= 4 is 17.3 Å². The zero-order chi connectivity index (χ0) is 16.2. The monoisotopic (exact) mass is 293 g/mol. The lowest BCUT2D eigenvalue weighted by Gasteiger charge is -2.22. The predicted molar refractivity (Wildman–Crippen MR) is 83.7 cm³/mol. The van der Waals surface area contributed by atoms with Crippen LogP contribution in [0.25, 0.3) is 0 Å². The quantitative estimate of drug-likeness (QED) is 0.645. The van der Waals surface area contributed by atoms with Crippen LogP contribution in [0.3, 0.4) is 0 Å². The van der Waals surface area contributed by atoms with Crippen LogP contribution in [0, 0.1) is 16.0 Å². The summed E-state index contributed by atoms with van der Waals surface area (Å²) in [5, 5.41) is 14.5. The molecule has 116 valence electrons. The topological polar surface area (TPSA) is 75.5 Å². The van der Waals surface area contributed by atoms with Crippen LogP contribution >= 0.6 is 0 Å². The molecule has 0 fully saturated rings. The Labute approximate surface area is 125 Å². The van der Waals surface area contributed by atoms with E-state index in [-0.39, 0.29) is 17.6 Å². The Bertz CT molecular complexity index is 527. The van der Waals surface area contributed by atoms with Gasteiger partial charge in [-0.15, -0.1) is 0 Å². The van der Waals surface area contributed by atoms with Crippen molar-refractivity contribution in [1.82, 2.24) is 4.90 Å². The van der Waals surface area contributed by atoms with E-state index >= 15 is 0 Å². The molecule has 0 radical (unpaired) electrons. The van der Waals surface area contributed by atoms with Crippen molar-refractivity contribution in [1.29, 1.82) is 0 Å². The van der Waals surface area contributed by atoms with Crippen LogP contribution in [-0.2, 0) is 0 Å². The number of anilines is 1. The number of carbonyl (C=O) groups is 1. The van der Waals surface area contributed by atoms with Crippen LogP contribution in [-0.4, -0.2) is 35.9 Å². The molecule has 21 heavy (non-hydrogen) atoms. The molecule has 1 amide bonds. The van der Waals surface area contributed by atoms with Gasteiger partial charge in [0.2, 0.25) is 0 Å². The third kappa shape index (κ3) is 4.18. The highest BCUT2D eigenvalue weighted by Gasteiger charge is 2.21. The molecule has 6 heteroatoms. The second kappa shape index (κ2) is 7.06. The number of benzene rings is 1. The lowest BCUT2D eigenvalue weighted by Crippen LogP contribution is -2.25. The minimum Gasteiger partial charge on any atom is -0.377 e. The first kappa shape index (κ1) is 16.9. The summed E-state index contributed by atoms with van der Waals surface area (Å²) < 4.78 is 0. The Morgan fingerprint density at radius 2 is 2.00 bits per heavy atom. The van der Waals surface area contributed by atoms with Crippen molar-refractivity contribution in [2.45, 2.75) is 33.2 Å². The minimum atomic E-state index is -0.457. The van der Waals surface area contributed by atoms with Gasteiger partial charge in [-0.1, -0.05) is 20.8 Å². The van der Waals surface area contributed by atoms with Crippen LogP contribution in [0.5, 0.6) is 0 Å². The summed E-state index contributed by atoms with van der Waals surface area (Å²) in [6.45, 7) is 6.17. The van der Waals surface area contributed by atoms with E-state index in [4.69, 9.17) is 0 Å². The molecule has 1 unspecified atom stereocenters. The molecule has 0 saturated heterocycles. The second-order valence-electron chi connectivity index (χ2n) is 5.59. The van der Waals surface area contributed by atoms with E-state index in [0.717, 1.165) is 6.42 Å². The maximum atomic E-state index is 11.9. The summed E-state index contributed by atoms with van der Waals surface area (Å²) in [5.41, 5.74) is 0.701. The largest absolute Gasteiger partial charge is 0.377 e. The summed E-state index contributed by atoms with van der Waals surface area (Å²) in [6.07, 6.45) is 0.868. The van der Waals surface area contributed by atoms with Gasteiger partial charge in [-0.3, -0.25) is 14.9 Å². The fourth-order valence-corrected chi connectivity index (χ4v) is 2.14. The first-order chi connectivity index (χ1) is 9.77. The fraction of sp³-hybridized carbons (Fsp3) is 0.533. The van der Waals surface area contributed by atoms with Crippen LogP contribution in [0.2, 0.25) is 0 Å². The molecule has 6 nitrogen and oxygen atoms in total. The molecule has 0 aliphatic carbocycles. The number of hydrogen-bond acceptors (Lipinski definition) is 4. The van der Waals surface area contributed by atoms with Crippen molar-refractivity contribution in [2.75, 3.05) is 19.4 Å². The lowest BCUT2D eigenvalue weighted by molar-refractivity contribution is -0.384. The Hall–Kier alpha value is -2.11. The van der Waals surface area contributed by atoms with Gasteiger partial charge in [-0.2, -0.15) is 0 Å². The van der Waals surface area contributed by atoms with Crippen LogP contribution in [0.1, 0.15) is 37.6 Å². The van der Waals surface area contributed by atoms with Crippen molar-refractivity contribution in [2.24, 2.45) is 5.92 Å². The van der Waals surface area contributed by atoms with E-state index in [1.54, 1.807) is 26.2 Å². The van der Waals surface area contributed by atoms with E-state index in [2.05, 4.69) is 19.2 Å². The van der Waals surface area contributed by atoms with E-state index in [0.29, 0.717) is 17.2 Å². The van der Waals surface area contributed by atoms with Gasteiger partial charge in [0.1, 0.15) is 5.69 Å². The van der Waals surface area contributed by atoms with Gasteiger partial charge in [0.25, 0.3) is 11.6 Å². The van der Waals surface area contributed by atoms with Gasteiger partial charge in [-0.05, 0) is 24.5 Å². The van der Waals surface area contributed by atoms with Crippen molar-refractivity contribution < 1.29 is 9.72 Å². The number of nitro groups is 1. The number of amides is 1. The highest BCUT2D eigenvalue weighted by atomic mass is 16.6. The SMILES string of the molecule is CCC(Nc1ccc(C(=O)N(C)C)cc1[N+](=O)[O-])C(C)C. The number of carbonyl (C=O) groups excluding carboxylic acids is 1. The van der Waals surface area contributed by atoms with Gasteiger partial charge >= 0.3 is 0 Å². The van der Waals surface area contributed by atoms with Gasteiger partial charge in [0.15, 0.2) is 0 Å². The molecule has 1 aromatic carbocycles.